The van der Waals surface area contributed by atoms with Crippen LogP contribution in [0.15, 0.2) is 95.8 Å². The van der Waals surface area contributed by atoms with Crippen LogP contribution < -0.4 is 10.9 Å². The molecule has 0 saturated heterocycles. The van der Waals surface area contributed by atoms with Crippen LogP contribution in [0.2, 0.25) is 0 Å². The van der Waals surface area contributed by atoms with Crippen molar-refractivity contribution in [3.8, 4) is 0 Å². The van der Waals surface area contributed by atoms with Gasteiger partial charge in [0.25, 0.3) is 5.56 Å². The number of aryl methyl sites for hydroxylation is 1. The summed E-state index contributed by atoms with van der Waals surface area (Å²) in [6.07, 6.45) is 0.290. The smallest absolute Gasteiger partial charge is 0.251 e. The average molecular weight is 442 g/mol. The fourth-order valence-electron chi connectivity index (χ4n) is 3.94. The van der Waals surface area contributed by atoms with Crippen molar-refractivity contribution in [1.29, 1.82) is 0 Å². The summed E-state index contributed by atoms with van der Waals surface area (Å²) >= 11 is 0. The summed E-state index contributed by atoms with van der Waals surface area (Å²) in [4.78, 5) is 32.6. The van der Waals surface area contributed by atoms with Crippen LogP contribution in [0.1, 0.15) is 40.2 Å². The van der Waals surface area contributed by atoms with Crippen molar-refractivity contribution >= 4 is 5.91 Å². The Labute approximate surface area is 191 Å². The van der Waals surface area contributed by atoms with Gasteiger partial charge in [-0.05, 0) is 35.7 Å². The number of amides is 1. The van der Waals surface area contributed by atoms with E-state index in [1.807, 2.05) is 60.7 Å². The van der Waals surface area contributed by atoms with E-state index in [1.54, 1.807) is 19.1 Å². The van der Waals surface area contributed by atoms with E-state index in [0.717, 1.165) is 16.7 Å². The van der Waals surface area contributed by atoms with E-state index >= 15 is 0 Å². The summed E-state index contributed by atoms with van der Waals surface area (Å²) in [7, 11) is 0. The predicted octanol–water partition coefficient (Wildman–Crippen LogP) is 4.45. The fourth-order valence-corrected chi connectivity index (χ4v) is 3.94. The van der Waals surface area contributed by atoms with E-state index in [9.17, 15) is 14.0 Å². The lowest BCUT2D eigenvalue weighted by molar-refractivity contribution is -0.122. The van der Waals surface area contributed by atoms with Gasteiger partial charge in [0.15, 0.2) is 0 Å². The Bertz CT molecular complexity index is 1230. The Kier molecular flexibility index (Phi) is 6.74. The molecule has 0 fully saturated rings. The average Bonchev–Trinajstić information content (AvgIpc) is 2.80. The molecular weight excluding hydrogens is 417 g/mol. The topological polar surface area (TPSA) is 74.8 Å². The van der Waals surface area contributed by atoms with Gasteiger partial charge in [-0.1, -0.05) is 72.8 Å². The molecule has 1 aromatic heterocycles. The summed E-state index contributed by atoms with van der Waals surface area (Å²) in [6.45, 7) is 1.71. The highest BCUT2D eigenvalue weighted by Crippen LogP contribution is 2.27. The van der Waals surface area contributed by atoms with Crippen LogP contribution in [-0.4, -0.2) is 15.9 Å². The van der Waals surface area contributed by atoms with Gasteiger partial charge in [0.1, 0.15) is 11.6 Å². The zero-order valence-corrected chi connectivity index (χ0v) is 18.2. The third-order valence-corrected chi connectivity index (χ3v) is 5.44. The Morgan fingerprint density at radius 2 is 1.48 bits per heavy atom. The summed E-state index contributed by atoms with van der Waals surface area (Å²) in [5, 5.41) is 3.12. The molecule has 0 saturated carbocycles. The maximum Gasteiger partial charge on any atom is 0.251 e. The molecule has 0 aliphatic rings. The van der Waals surface area contributed by atoms with Crippen LogP contribution in [-0.2, 0) is 11.2 Å². The molecule has 4 rings (SSSR count). The molecule has 2 N–H and O–H groups in total. The van der Waals surface area contributed by atoms with Crippen LogP contribution >= 0.6 is 0 Å². The lowest BCUT2D eigenvalue weighted by Gasteiger charge is -2.24. The molecule has 1 amide bonds. The number of halogens is 1. The van der Waals surface area contributed by atoms with Gasteiger partial charge in [0.05, 0.1) is 17.7 Å². The molecule has 0 bridgehead atoms. The number of hydrogen-bond acceptors (Lipinski definition) is 3. The number of rotatable bonds is 7. The first-order chi connectivity index (χ1) is 16.0. The SMILES string of the molecule is Cc1nc(C[C@H](NC(=O)C(c2ccccc2)c2ccccc2)c2ccc(F)cc2)cc(=O)[nH]1. The van der Waals surface area contributed by atoms with Gasteiger partial charge in [-0.2, -0.15) is 0 Å². The standard InChI is InChI=1S/C27H24FN3O2/c1-18-29-23(17-25(32)30-18)16-24(19-12-14-22(28)15-13-19)31-27(33)26(20-8-4-2-5-9-20)21-10-6-3-7-11-21/h2-15,17,24,26H,16H2,1H3,(H,31,33)(H,29,30,32)/t24-/m0/s1. The Balaban J connectivity index is 1.69. The zero-order valence-electron chi connectivity index (χ0n) is 18.2. The second-order valence-electron chi connectivity index (χ2n) is 7.89. The molecule has 0 radical (unpaired) electrons. The normalized spacial score (nSPS) is 11.8. The molecule has 4 aromatic rings. The molecular formula is C27H24FN3O2. The second kappa shape index (κ2) is 10.0. The highest BCUT2D eigenvalue weighted by molar-refractivity contribution is 5.87. The van der Waals surface area contributed by atoms with E-state index in [2.05, 4.69) is 15.3 Å². The Morgan fingerprint density at radius 3 is 2.03 bits per heavy atom. The van der Waals surface area contributed by atoms with Gasteiger partial charge in [-0.3, -0.25) is 9.59 Å². The Hall–Kier alpha value is -4.06. The van der Waals surface area contributed by atoms with Crippen molar-refractivity contribution in [3.05, 3.63) is 135 Å². The number of nitrogens with one attached hydrogen (secondary N) is 2. The first kappa shape index (κ1) is 22.1. The highest BCUT2D eigenvalue weighted by atomic mass is 19.1. The van der Waals surface area contributed by atoms with E-state index in [0.29, 0.717) is 17.9 Å². The number of benzene rings is 3. The molecule has 6 heteroatoms. The predicted molar refractivity (Wildman–Crippen MR) is 125 cm³/mol. The van der Waals surface area contributed by atoms with Gasteiger partial charge in [-0.15, -0.1) is 0 Å². The molecule has 0 spiro atoms. The molecule has 33 heavy (non-hydrogen) atoms. The minimum atomic E-state index is -0.524. The lowest BCUT2D eigenvalue weighted by Crippen LogP contribution is -2.35. The van der Waals surface area contributed by atoms with Crippen LogP contribution in [0.5, 0.6) is 0 Å². The van der Waals surface area contributed by atoms with Gasteiger partial charge < -0.3 is 10.3 Å². The summed E-state index contributed by atoms with van der Waals surface area (Å²) in [5.74, 6) is -0.582. The Morgan fingerprint density at radius 1 is 0.909 bits per heavy atom. The number of nitrogens with zero attached hydrogens (tertiary/aromatic N) is 1. The van der Waals surface area contributed by atoms with E-state index in [1.165, 1.54) is 18.2 Å². The molecule has 166 valence electrons. The highest BCUT2D eigenvalue weighted by Gasteiger charge is 2.26. The van der Waals surface area contributed by atoms with E-state index in [-0.39, 0.29) is 17.3 Å². The molecule has 0 aliphatic carbocycles. The van der Waals surface area contributed by atoms with Crippen molar-refractivity contribution in [2.24, 2.45) is 0 Å². The van der Waals surface area contributed by atoms with Crippen LogP contribution in [0.4, 0.5) is 4.39 Å². The first-order valence-electron chi connectivity index (χ1n) is 10.7. The summed E-state index contributed by atoms with van der Waals surface area (Å²) in [5.41, 5.74) is 2.74. The zero-order chi connectivity index (χ0) is 23.2. The molecule has 3 aromatic carbocycles. The number of aromatic amines is 1. The van der Waals surface area contributed by atoms with Crippen molar-refractivity contribution in [3.63, 3.8) is 0 Å². The number of aromatic nitrogens is 2. The van der Waals surface area contributed by atoms with Crippen molar-refractivity contribution in [1.82, 2.24) is 15.3 Å². The number of hydrogen-bond donors (Lipinski definition) is 2. The molecule has 0 unspecified atom stereocenters. The third kappa shape index (κ3) is 5.60. The van der Waals surface area contributed by atoms with Gasteiger partial charge in [-0.25, -0.2) is 9.37 Å². The van der Waals surface area contributed by atoms with Crippen LogP contribution in [0.3, 0.4) is 0 Å². The monoisotopic (exact) mass is 441 g/mol. The van der Waals surface area contributed by atoms with E-state index < -0.39 is 12.0 Å². The van der Waals surface area contributed by atoms with Crippen molar-refractivity contribution in [2.45, 2.75) is 25.3 Å². The maximum atomic E-state index is 13.6. The van der Waals surface area contributed by atoms with Crippen LogP contribution in [0, 0.1) is 12.7 Å². The maximum absolute atomic E-state index is 13.6. The van der Waals surface area contributed by atoms with Crippen molar-refractivity contribution < 1.29 is 9.18 Å². The molecule has 5 nitrogen and oxygen atoms in total. The first-order valence-corrected chi connectivity index (χ1v) is 10.7. The fraction of sp³-hybridized carbons (Fsp3) is 0.148. The molecule has 0 aliphatic heterocycles. The van der Waals surface area contributed by atoms with Crippen molar-refractivity contribution in [2.75, 3.05) is 0 Å². The number of carbonyl (C=O) groups is 1. The second-order valence-corrected chi connectivity index (χ2v) is 7.89. The summed E-state index contributed by atoms with van der Waals surface area (Å²) < 4.78 is 13.6. The lowest BCUT2D eigenvalue weighted by atomic mass is 9.89. The molecule has 1 atom stereocenters. The van der Waals surface area contributed by atoms with Gasteiger partial charge in [0.2, 0.25) is 5.91 Å². The van der Waals surface area contributed by atoms with E-state index in [4.69, 9.17) is 0 Å². The van der Waals surface area contributed by atoms with Crippen LogP contribution in [0.25, 0.3) is 0 Å². The third-order valence-electron chi connectivity index (χ3n) is 5.44. The quantitative estimate of drug-likeness (QED) is 0.445. The van der Waals surface area contributed by atoms with Gasteiger partial charge >= 0.3 is 0 Å². The number of carbonyl (C=O) groups excluding carboxylic acids is 1. The summed E-state index contributed by atoms with van der Waals surface area (Å²) in [6, 6.07) is 26.0. The minimum Gasteiger partial charge on any atom is -0.348 e. The minimum absolute atomic E-state index is 0.191. The largest absolute Gasteiger partial charge is 0.348 e. The van der Waals surface area contributed by atoms with Gasteiger partial charge in [0, 0.05) is 12.5 Å². The number of H-pyrrole nitrogens is 1. The molecule has 1 heterocycles.